The minimum atomic E-state index is -0.584. The van der Waals surface area contributed by atoms with Crippen LogP contribution in [0.2, 0.25) is 0 Å². The summed E-state index contributed by atoms with van der Waals surface area (Å²) in [5.41, 5.74) is 6.35. The van der Waals surface area contributed by atoms with E-state index < -0.39 is 11.5 Å². The zero-order valence-electron chi connectivity index (χ0n) is 15.0. The summed E-state index contributed by atoms with van der Waals surface area (Å²) in [5, 5.41) is 11.5. The van der Waals surface area contributed by atoms with E-state index in [0.717, 1.165) is 42.4 Å². The average molecular weight is 345 g/mol. The van der Waals surface area contributed by atoms with Crippen LogP contribution in [0.5, 0.6) is 0 Å². The molecule has 1 heterocycles. The number of fused-ring (bicyclic) bond motifs is 4. The van der Waals surface area contributed by atoms with Crippen LogP contribution in [-0.4, -0.2) is 29.5 Å². The molecule has 0 radical (unpaired) electrons. The highest BCUT2D eigenvalue weighted by Gasteiger charge is 2.52. The first-order chi connectivity index (χ1) is 12.6. The Morgan fingerprint density at radius 1 is 1.00 bits per heavy atom. The van der Waals surface area contributed by atoms with Crippen molar-refractivity contribution in [1.82, 2.24) is 4.90 Å². The summed E-state index contributed by atoms with van der Waals surface area (Å²) < 4.78 is 0. The lowest BCUT2D eigenvalue weighted by Gasteiger charge is -2.51. The van der Waals surface area contributed by atoms with E-state index in [-0.39, 0.29) is 5.91 Å². The zero-order chi connectivity index (χ0) is 17.9. The molecule has 1 amide bonds. The number of hydrogen-bond acceptors (Lipinski definition) is 2. The lowest BCUT2D eigenvalue weighted by molar-refractivity contribution is -0.129. The van der Waals surface area contributed by atoms with Gasteiger partial charge in [-0.2, -0.15) is 0 Å². The number of amides is 1. The zero-order valence-corrected chi connectivity index (χ0v) is 15.0. The SMILES string of the molecule is CN1CC2(CCc3ccccc3C2O)C2=C(CCc3ccccc32)C1=O. The quantitative estimate of drug-likeness (QED) is 0.794. The summed E-state index contributed by atoms with van der Waals surface area (Å²) in [4.78, 5) is 14.8. The predicted octanol–water partition coefficient (Wildman–Crippen LogP) is 3.52. The Morgan fingerprint density at radius 3 is 2.58 bits per heavy atom. The number of carbonyl (C=O) groups excluding carboxylic acids is 1. The highest BCUT2D eigenvalue weighted by atomic mass is 16.3. The van der Waals surface area contributed by atoms with Crippen LogP contribution in [-0.2, 0) is 17.6 Å². The van der Waals surface area contributed by atoms with Crippen LogP contribution in [0, 0.1) is 5.41 Å². The third kappa shape index (κ3) is 2.01. The Kier molecular flexibility index (Phi) is 3.38. The molecule has 2 atom stereocenters. The highest BCUT2D eigenvalue weighted by Crippen LogP contribution is 2.57. The van der Waals surface area contributed by atoms with Crippen molar-refractivity contribution in [1.29, 1.82) is 0 Å². The molecule has 132 valence electrons. The molecule has 2 unspecified atom stereocenters. The average Bonchev–Trinajstić information content (AvgIpc) is 2.68. The second-order valence-corrected chi connectivity index (χ2v) is 7.93. The predicted molar refractivity (Wildman–Crippen MR) is 101 cm³/mol. The van der Waals surface area contributed by atoms with Crippen LogP contribution >= 0.6 is 0 Å². The molecule has 26 heavy (non-hydrogen) atoms. The number of carbonyl (C=O) groups is 1. The van der Waals surface area contributed by atoms with Gasteiger partial charge in [0.2, 0.25) is 5.91 Å². The standard InChI is InChI=1S/C23H23NO2/c1-24-14-23(13-12-16-7-3-5-9-18(16)21(23)25)20-17-8-4-2-6-15(17)10-11-19(20)22(24)26/h2-9,21,25H,10-14H2,1H3. The van der Waals surface area contributed by atoms with E-state index >= 15 is 0 Å². The third-order valence-electron chi connectivity index (χ3n) is 6.57. The molecule has 2 aliphatic carbocycles. The maximum atomic E-state index is 12.9. The minimum Gasteiger partial charge on any atom is -0.387 e. The Balaban J connectivity index is 1.77. The van der Waals surface area contributed by atoms with Gasteiger partial charge in [0, 0.05) is 24.6 Å². The van der Waals surface area contributed by atoms with Crippen LogP contribution in [0.3, 0.4) is 0 Å². The number of aliphatic hydroxyl groups is 1. The third-order valence-corrected chi connectivity index (χ3v) is 6.57. The van der Waals surface area contributed by atoms with Gasteiger partial charge in [0.25, 0.3) is 0 Å². The largest absolute Gasteiger partial charge is 0.387 e. The van der Waals surface area contributed by atoms with Gasteiger partial charge in [0.15, 0.2) is 0 Å². The Hall–Kier alpha value is -2.39. The van der Waals surface area contributed by atoms with E-state index in [1.165, 1.54) is 16.7 Å². The van der Waals surface area contributed by atoms with E-state index in [1.807, 2.05) is 30.1 Å². The summed E-state index contributed by atoms with van der Waals surface area (Å²) >= 11 is 0. The minimum absolute atomic E-state index is 0.131. The fourth-order valence-corrected chi connectivity index (χ4v) is 5.36. The van der Waals surface area contributed by atoms with E-state index in [2.05, 4.69) is 30.3 Å². The summed E-state index contributed by atoms with van der Waals surface area (Å²) in [6.45, 7) is 0.578. The molecule has 1 N–H and O–H groups in total. The Bertz CT molecular complexity index is 945. The number of hydrogen-bond donors (Lipinski definition) is 1. The van der Waals surface area contributed by atoms with E-state index in [4.69, 9.17) is 0 Å². The highest BCUT2D eigenvalue weighted by molar-refractivity contribution is 6.05. The monoisotopic (exact) mass is 345 g/mol. The van der Waals surface area contributed by atoms with E-state index in [9.17, 15) is 9.90 Å². The fraction of sp³-hybridized carbons (Fsp3) is 0.348. The van der Waals surface area contributed by atoms with Gasteiger partial charge >= 0.3 is 0 Å². The normalized spacial score (nSPS) is 27.2. The molecule has 1 aliphatic heterocycles. The molecule has 0 fully saturated rings. The van der Waals surface area contributed by atoms with Crippen molar-refractivity contribution in [3.05, 3.63) is 76.4 Å². The van der Waals surface area contributed by atoms with Crippen molar-refractivity contribution in [2.75, 3.05) is 13.6 Å². The molecular weight excluding hydrogens is 322 g/mol. The molecule has 5 rings (SSSR count). The van der Waals surface area contributed by atoms with Crippen molar-refractivity contribution in [3.63, 3.8) is 0 Å². The number of benzene rings is 2. The van der Waals surface area contributed by atoms with Crippen LogP contribution in [0.15, 0.2) is 54.1 Å². The van der Waals surface area contributed by atoms with Crippen LogP contribution in [0.1, 0.15) is 41.2 Å². The molecule has 2 aromatic carbocycles. The van der Waals surface area contributed by atoms with Gasteiger partial charge in [-0.1, -0.05) is 48.5 Å². The van der Waals surface area contributed by atoms with Crippen molar-refractivity contribution in [2.24, 2.45) is 5.41 Å². The lowest BCUT2D eigenvalue weighted by Crippen LogP contribution is -2.51. The van der Waals surface area contributed by atoms with Gasteiger partial charge < -0.3 is 10.0 Å². The van der Waals surface area contributed by atoms with Crippen molar-refractivity contribution in [2.45, 2.75) is 31.8 Å². The van der Waals surface area contributed by atoms with Crippen molar-refractivity contribution >= 4 is 11.5 Å². The van der Waals surface area contributed by atoms with Gasteiger partial charge in [-0.05, 0) is 53.5 Å². The van der Waals surface area contributed by atoms with Crippen LogP contribution < -0.4 is 0 Å². The first-order valence-corrected chi connectivity index (χ1v) is 9.45. The first-order valence-electron chi connectivity index (χ1n) is 9.45. The second kappa shape index (κ2) is 5.55. The maximum absolute atomic E-state index is 12.9. The van der Waals surface area contributed by atoms with Gasteiger partial charge in [0.1, 0.15) is 0 Å². The molecule has 0 bridgehead atoms. The Labute approximate surface area is 154 Å². The first kappa shape index (κ1) is 15.8. The number of nitrogens with zero attached hydrogens (tertiary/aromatic N) is 1. The molecule has 3 aliphatic rings. The molecule has 0 saturated heterocycles. The van der Waals surface area contributed by atoms with Crippen LogP contribution in [0.25, 0.3) is 5.57 Å². The smallest absolute Gasteiger partial charge is 0.249 e. The number of likely N-dealkylation sites (N-methyl/N-ethyl adjacent to an activating group) is 1. The number of aliphatic hydroxyl groups excluding tert-OH is 1. The summed E-state index contributed by atoms with van der Waals surface area (Å²) in [6.07, 6.45) is 2.90. The molecule has 3 heteroatoms. The molecule has 0 saturated carbocycles. The Morgan fingerprint density at radius 2 is 1.73 bits per heavy atom. The summed E-state index contributed by atoms with van der Waals surface area (Å²) in [5.74, 6) is 0.131. The van der Waals surface area contributed by atoms with Gasteiger partial charge in [0.05, 0.1) is 6.10 Å². The van der Waals surface area contributed by atoms with Gasteiger partial charge in [-0.3, -0.25) is 4.79 Å². The molecule has 2 aromatic rings. The number of rotatable bonds is 0. The molecule has 3 nitrogen and oxygen atoms in total. The molecular formula is C23H23NO2. The van der Waals surface area contributed by atoms with Crippen molar-refractivity contribution in [3.8, 4) is 0 Å². The molecule has 0 aromatic heterocycles. The summed E-state index contributed by atoms with van der Waals surface area (Å²) in [7, 11) is 1.88. The van der Waals surface area contributed by atoms with Crippen molar-refractivity contribution < 1.29 is 9.90 Å². The topological polar surface area (TPSA) is 40.5 Å². The van der Waals surface area contributed by atoms with Gasteiger partial charge in [-0.15, -0.1) is 0 Å². The lowest BCUT2D eigenvalue weighted by atomic mass is 9.59. The van der Waals surface area contributed by atoms with Crippen LogP contribution in [0.4, 0.5) is 0 Å². The second-order valence-electron chi connectivity index (χ2n) is 7.93. The number of aryl methyl sites for hydroxylation is 2. The maximum Gasteiger partial charge on any atom is 0.249 e. The van der Waals surface area contributed by atoms with E-state index in [0.29, 0.717) is 6.54 Å². The summed E-state index contributed by atoms with van der Waals surface area (Å²) in [6, 6.07) is 16.6. The van der Waals surface area contributed by atoms with Gasteiger partial charge in [-0.25, -0.2) is 0 Å². The fourth-order valence-electron chi connectivity index (χ4n) is 5.36. The van der Waals surface area contributed by atoms with E-state index in [1.54, 1.807) is 0 Å². The molecule has 1 spiro atoms.